The van der Waals surface area contributed by atoms with Crippen LogP contribution >= 0.6 is 23.2 Å². The van der Waals surface area contributed by atoms with E-state index in [9.17, 15) is 14.4 Å². The number of carbonyl (C=O) groups excluding carboxylic acids is 3. The third-order valence-corrected chi connectivity index (χ3v) is 4.77. The lowest BCUT2D eigenvalue weighted by atomic mass is 9.92. The summed E-state index contributed by atoms with van der Waals surface area (Å²) in [7, 11) is 0. The molecule has 0 aromatic heterocycles. The van der Waals surface area contributed by atoms with Crippen molar-refractivity contribution in [3.05, 3.63) is 69.7 Å². The fourth-order valence-electron chi connectivity index (χ4n) is 2.55. The number of hydrazine groups is 1. The third-order valence-electron chi connectivity index (χ3n) is 3.95. The van der Waals surface area contributed by atoms with Crippen molar-refractivity contribution in [2.75, 3.05) is 0 Å². The standard InChI is InChI=1S/C17H13Cl2N3O3/c1-17(10-6-3-2-4-7-10)15(24)22(16(25)20-17)21-14(23)11-8-5-9-12(18)13(11)19/h2-9H,1H3,(H,20,25)(H,21,23). The molecule has 0 bridgehead atoms. The average Bonchev–Trinajstić information content (AvgIpc) is 2.82. The van der Waals surface area contributed by atoms with Crippen LogP contribution in [-0.2, 0) is 10.3 Å². The predicted molar refractivity (Wildman–Crippen MR) is 93.1 cm³/mol. The first kappa shape index (κ1) is 17.3. The summed E-state index contributed by atoms with van der Waals surface area (Å²) in [6, 6.07) is 12.5. The Morgan fingerprint density at radius 1 is 1.08 bits per heavy atom. The van der Waals surface area contributed by atoms with Crippen molar-refractivity contribution in [2.24, 2.45) is 0 Å². The van der Waals surface area contributed by atoms with E-state index >= 15 is 0 Å². The molecular formula is C17H13Cl2N3O3. The fraction of sp³-hybridized carbons (Fsp3) is 0.118. The van der Waals surface area contributed by atoms with Crippen molar-refractivity contribution in [3.8, 4) is 0 Å². The fourth-order valence-corrected chi connectivity index (χ4v) is 2.94. The summed E-state index contributed by atoms with van der Waals surface area (Å²) in [5.74, 6) is -1.32. The maximum atomic E-state index is 12.7. The molecule has 0 radical (unpaired) electrons. The monoisotopic (exact) mass is 377 g/mol. The van der Waals surface area contributed by atoms with Crippen molar-refractivity contribution in [1.82, 2.24) is 15.8 Å². The lowest BCUT2D eigenvalue weighted by molar-refractivity contribution is -0.132. The molecular weight excluding hydrogens is 365 g/mol. The zero-order chi connectivity index (χ0) is 18.2. The molecule has 0 spiro atoms. The lowest BCUT2D eigenvalue weighted by Gasteiger charge is -2.22. The highest BCUT2D eigenvalue weighted by molar-refractivity contribution is 6.43. The number of rotatable bonds is 3. The molecule has 1 fully saturated rings. The van der Waals surface area contributed by atoms with E-state index in [0.717, 1.165) is 0 Å². The molecule has 1 unspecified atom stereocenters. The van der Waals surface area contributed by atoms with Crippen LogP contribution in [0.2, 0.25) is 10.0 Å². The summed E-state index contributed by atoms with van der Waals surface area (Å²) < 4.78 is 0. The molecule has 0 saturated carbocycles. The second kappa shape index (κ2) is 6.38. The Balaban J connectivity index is 1.86. The minimum Gasteiger partial charge on any atom is -0.318 e. The predicted octanol–water partition coefficient (Wildman–Crippen LogP) is 3.11. The van der Waals surface area contributed by atoms with Gasteiger partial charge in [0, 0.05) is 0 Å². The first-order valence-electron chi connectivity index (χ1n) is 7.32. The van der Waals surface area contributed by atoms with Gasteiger partial charge in [0.2, 0.25) is 0 Å². The van der Waals surface area contributed by atoms with Gasteiger partial charge in [-0.2, -0.15) is 5.01 Å². The lowest BCUT2D eigenvalue weighted by Crippen LogP contribution is -2.48. The van der Waals surface area contributed by atoms with Gasteiger partial charge < -0.3 is 5.32 Å². The molecule has 1 heterocycles. The highest BCUT2D eigenvalue weighted by Crippen LogP contribution is 2.29. The van der Waals surface area contributed by atoms with Crippen LogP contribution in [0.15, 0.2) is 48.5 Å². The number of imide groups is 1. The Morgan fingerprint density at radius 2 is 1.76 bits per heavy atom. The number of hydrogen-bond acceptors (Lipinski definition) is 3. The first-order chi connectivity index (χ1) is 11.8. The largest absolute Gasteiger partial charge is 0.344 e. The summed E-state index contributed by atoms with van der Waals surface area (Å²) >= 11 is 11.9. The smallest absolute Gasteiger partial charge is 0.318 e. The van der Waals surface area contributed by atoms with E-state index < -0.39 is 23.4 Å². The van der Waals surface area contributed by atoms with Gasteiger partial charge in [-0.1, -0.05) is 59.6 Å². The van der Waals surface area contributed by atoms with Crippen molar-refractivity contribution in [2.45, 2.75) is 12.5 Å². The quantitative estimate of drug-likeness (QED) is 0.806. The Kier molecular flexibility index (Phi) is 4.41. The van der Waals surface area contributed by atoms with Crippen molar-refractivity contribution >= 4 is 41.0 Å². The van der Waals surface area contributed by atoms with Gasteiger partial charge in [-0.05, 0) is 24.6 Å². The second-order valence-electron chi connectivity index (χ2n) is 5.60. The minimum atomic E-state index is -1.27. The number of benzene rings is 2. The summed E-state index contributed by atoms with van der Waals surface area (Å²) in [5.41, 5.74) is 1.66. The number of nitrogens with zero attached hydrogens (tertiary/aromatic N) is 1. The third kappa shape index (κ3) is 2.94. The van der Waals surface area contributed by atoms with Gasteiger partial charge in [0.1, 0.15) is 5.54 Å². The summed E-state index contributed by atoms with van der Waals surface area (Å²) in [6.07, 6.45) is 0. The van der Waals surface area contributed by atoms with Gasteiger partial charge in [0.15, 0.2) is 0 Å². The minimum absolute atomic E-state index is 0.0412. The van der Waals surface area contributed by atoms with Crippen LogP contribution in [0.3, 0.4) is 0 Å². The number of carbonyl (C=O) groups is 3. The van der Waals surface area contributed by atoms with Crippen molar-refractivity contribution < 1.29 is 14.4 Å². The topological polar surface area (TPSA) is 78.5 Å². The van der Waals surface area contributed by atoms with E-state index in [2.05, 4.69) is 10.7 Å². The van der Waals surface area contributed by atoms with Gasteiger partial charge in [-0.15, -0.1) is 0 Å². The van der Waals surface area contributed by atoms with E-state index in [0.29, 0.717) is 10.6 Å². The van der Waals surface area contributed by atoms with Crippen LogP contribution < -0.4 is 10.7 Å². The molecule has 2 N–H and O–H groups in total. The molecule has 6 nitrogen and oxygen atoms in total. The number of amides is 4. The van der Waals surface area contributed by atoms with Crippen molar-refractivity contribution in [1.29, 1.82) is 0 Å². The Morgan fingerprint density at radius 3 is 2.44 bits per heavy atom. The van der Waals surface area contributed by atoms with E-state index in [1.54, 1.807) is 43.3 Å². The van der Waals surface area contributed by atoms with Crippen LogP contribution in [0, 0.1) is 0 Å². The van der Waals surface area contributed by atoms with Crippen LogP contribution in [0.5, 0.6) is 0 Å². The molecule has 25 heavy (non-hydrogen) atoms. The van der Waals surface area contributed by atoms with Gasteiger partial charge >= 0.3 is 6.03 Å². The zero-order valence-electron chi connectivity index (χ0n) is 13.0. The molecule has 128 valence electrons. The van der Waals surface area contributed by atoms with Crippen molar-refractivity contribution in [3.63, 3.8) is 0 Å². The van der Waals surface area contributed by atoms with Gasteiger partial charge in [0.05, 0.1) is 15.6 Å². The van der Waals surface area contributed by atoms with Crippen LogP contribution in [0.4, 0.5) is 4.79 Å². The molecule has 2 aromatic rings. The summed E-state index contributed by atoms with van der Waals surface area (Å²) in [5, 5.41) is 3.47. The molecule has 2 aromatic carbocycles. The summed E-state index contributed by atoms with van der Waals surface area (Å²) in [6.45, 7) is 1.57. The second-order valence-corrected chi connectivity index (χ2v) is 6.39. The van der Waals surface area contributed by atoms with Crippen LogP contribution in [0.1, 0.15) is 22.8 Å². The Bertz CT molecular complexity index is 873. The first-order valence-corrected chi connectivity index (χ1v) is 8.07. The molecule has 1 atom stereocenters. The zero-order valence-corrected chi connectivity index (χ0v) is 14.6. The maximum absolute atomic E-state index is 12.7. The summed E-state index contributed by atoms with van der Waals surface area (Å²) in [4.78, 5) is 37.3. The maximum Gasteiger partial charge on any atom is 0.344 e. The Labute approximate surface area is 153 Å². The van der Waals surface area contributed by atoms with E-state index in [4.69, 9.17) is 23.2 Å². The van der Waals surface area contributed by atoms with Gasteiger partial charge in [-0.25, -0.2) is 4.79 Å². The Hall–Kier alpha value is -2.57. The molecule has 4 amide bonds. The highest BCUT2D eigenvalue weighted by atomic mass is 35.5. The number of halogens is 2. The highest BCUT2D eigenvalue weighted by Gasteiger charge is 2.50. The van der Waals surface area contributed by atoms with Gasteiger partial charge in [-0.3, -0.25) is 15.0 Å². The molecule has 1 saturated heterocycles. The molecule has 1 aliphatic rings. The van der Waals surface area contributed by atoms with Gasteiger partial charge in [0.25, 0.3) is 11.8 Å². The SMILES string of the molecule is CC1(c2ccccc2)NC(=O)N(NC(=O)c2cccc(Cl)c2Cl)C1=O. The number of urea groups is 1. The van der Waals surface area contributed by atoms with Crippen LogP contribution in [0.25, 0.3) is 0 Å². The molecule has 0 aliphatic carbocycles. The number of nitrogens with one attached hydrogen (secondary N) is 2. The average molecular weight is 378 g/mol. The molecule has 3 rings (SSSR count). The van der Waals surface area contributed by atoms with E-state index in [1.165, 1.54) is 12.1 Å². The molecule has 1 aliphatic heterocycles. The normalized spacial score (nSPS) is 19.7. The number of hydrogen-bond donors (Lipinski definition) is 2. The van der Waals surface area contributed by atoms with E-state index in [-0.39, 0.29) is 15.6 Å². The molecule has 8 heteroatoms. The van der Waals surface area contributed by atoms with Crippen LogP contribution in [-0.4, -0.2) is 22.9 Å². The van der Waals surface area contributed by atoms with E-state index in [1.807, 2.05) is 0 Å².